The van der Waals surface area contributed by atoms with E-state index in [2.05, 4.69) is 10.2 Å². The van der Waals surface area contributed by atoms with Crippen molar-refractivity contribution < 1.29 is 4.39 Å². The third-order valence-corrected chi connectivity index (χ3v) is 4.55. The fourth-order valence-electron chi connectivity index (χ4n) is 3.58. The van der Waals surface area contributed by atoms with E-state index < -0.39 is 0 Å². The lowest BCUT2D eigenvalue weighted by molar-refractivity contribution is 0.612. The minimum Gasteiger partial charge on any atom is -0.369 e. The number of guanidine groups is 1. The molecule has 1 aliphatic carbocycles. The second-order valence-electron chi connectivity index (χ2n) is 6.58. The van der Waals surface area contributed by atoms with Gasteiger partial charge in [-0.25, -0.2) is 4.39 Å². The molecule has 1 heterocycles. The minimum atomic E-state index is -0.234. The molecule has 2 aromatic rings. The monoisotopic (exact) mass is 339 g/mol. The maximum absolute atomic E-state index is 13.8. The fraction of sp³-hybridized carbons (Fsp3) is 0.316. The molecule has 1 atom stereocenters. The number of benzene rings is 1. The van der Waals surface area contributed by atoms with Crippen molar-refractivity contribution in [3.8, 4) is 0 Å². The van der Waals surface area contributed by atoms with Crippen molar-refractivity contribution in [2.45, 2.75) is 39.5 Å². The first-order valence-electron chi connectivity index (χ1n) is 8.24. The number of aryl methyl sites for hydroxylation is 3. The Kier molecular flexibility index (Phi) is 4.53. The number of rotatable bonds is 2. The second-order valence-corrected chi connectivity index (χ2v) is 6.58. The first kappa shape index (κ1) is 17.1. The van der Waals surface area contributed by atoms with Crippen molar-refractivity contribution in [3.63, 3.8) is 0 Å². The van der Waals surface area contributed by atoms with Gasteiger partial charge in [0.15, 0.2) is 0 Å². The molecule has 0 bridgehead atoms. The van der Waals surface area contributed by atoms with Gasteiger partial charge in [-0.15, -0.1) is 5.10 Å². The highest BCUT2D eigenvalue weighted by molar-refractivity contribution is 6.04. The van der Waals surface area contributed by atoms with Crippen molar-refractivity contribution in [2.24, 2.45) is 21.7 Å². The van der Waals surface area contributed by atoms with E-state index in [0.29, 0.717) is 6.42 Å². The zero-order chi connectivity index (χ0) is 18.1. The van der Waals surface area contributed by atoms with E-state index in [1.165, 1.54) is 6.07 Å². The molecule has 0 radical (unpaired) electrons. The summed E-state index contributed by atoms with van der Waals surface area (Å²) in [6.45, 7) is 6.00. The maximum atomic E-state index is 13.8. The van der Waals surface area contributed by atoms with Gasteiger partial charge in [0.1, 0.15) is 5.82 Å². The van der Waals surface area contributed by atoms with Gasteiger partial charge in [-0.2, -0.15) is 5.10 Å². The third kappa shape index (κ3) is 3.52. The summed E-state index contributed by atoms with van der Waals surface area (Å²) in [6.07, 6.45) is 1.38. The summed E-state index contributed by atoms with van der Waals surface area (Å²) in [7, 11) is 0. The zero-order valence-electron chi connectivity index (χ0n) is 14.7. The molecule has 0 aliphatic heterocycles. The van der Waals surface area contributed by atoms with E-state index in [4.69, 9.17) is 16.5 Å². The Labute approximate surface area is 146 Å². The molecule has 1 aliphatic rings. The molecule has 1 unspecified atom stereocenters. The largest absolute Gasteiger partial charge is 0.369 e. The van der Waals surface area contributed by atoms with E-state index in [9.17, 15) is 4.39 Å². The number of aromatic nitrogens is 1. The fourth-order valence-corrected chi connectivity index (χ4v) is 3.58. The van der Waals surface area contributed by atoms with Crippen LogP contribution < -0.4 is 11.5 Å². The standard InChI is InChI=1S/C19H22FN5/c1-10-4-5-14(20)9-15(10)13-7-16-18(11(2)6-12(3)23-16)17(8-13)24-25-19(21)22/h4-6,9,13H,7-8H2,1-3H3,(H4,21,22,25)/b24-17-. The average molecular weight is 339 g/mol. The second kappa shape index (κ2) is 6.63. The lowest BCUT2D eigenvalue weighted by atomic mass is 9.78. The molecular weight excluding hydrogens is 317 g/mol. The molecule has 1 aromatic carbocycles. The molecule has 0 amide bonds. The van der Waals surface area contributed by atoms with Gasteiger partial charge < -0.3 is 11.5 Å². The van der Waals surface area contributed by atoms with Gasteiger partial charge >= 0.3 is 0 Å². The predicted molar refractivity (Wildman–Crippen MR) is 98.3 cm³/mol. The van der Waals surface area contributed by atoms with Crippen LogP contribution in [0.3, 0.4) is 0 Å². The highest BCUT2D eigenvalue weighted by Crippen LogP contribution is 2.35. The Morgan fingerprint density at radius 3 is 2.60 bits per heavy atom. The number of hydrogen-bond acceptors (Lipinski definition) is 3. The van der Waals surface area contributed by atoms with E-state index >= 15 is 0 Å². The van der Waals surface area contributed by atoms with Crippen LogP contribution in [-0.2, 0) is 6.42 Å². The predicted octanol–water partition coefficient (Wildman–Crippen LogP) is 2.85. The molecule has 4 N–H and O–H groups in total. The van der Waals surface area contributed by atoms with Crippen LogP contribution >= 0.6 is 0 Å². The van der Waals surface area contributed by atoms with Gasteiger partial charge in [-0.1, -0.05) is 6.07 Å². The van der Waals surface area contributed by atoms with Gasteiger partial charge in [0.2, 0.25) is 5.96 Å². The summed E-state index contributed by atoms with van der Waals surface area (Å²) in [4.78, 5) is 4.69. The van der Waals surface area contributed by atoms with Gasteiger partial charge in [0.05, 0.1) is 11.4 Å². The number of fused-ring (bicyclic) bond motifs is 1. The highest BCUT2D eigenvalue weighted by Gasteiger charge is 2.28. The van der Waals surface area contributed by atoms with Gasteiger partial charge in [0, 0.05) is 11.3 Å². The number of nitrogens with zero attached hydrogens (tertiary/aromatic N) is 3. The third-order valence-electron chi connectivity index (χ3n) is 4.55. The van der Waals surface area contributed by atoms with Crippen LogP contribution in [0.1, 0.15) is 46.0 Å². The van der Waals surface area contributed by atoms with E-state index in [1.54, 1.807) is 6.07 Å². The van der Waals surface area contributed by atoms with Crippen LogP contribution in [0.25, 0.3) is 0 Å². The Morgan fingerprint density at radius 2 is 1.88 bits per heavy atom. The topological polar surface area (TPSA) is 89.6 Å². The molecule has 0 saturated heterocycles. The quantitative estimate of drug-likeness (QED) is 0.501. The summed E-state index contributed by atoms with van der Waals surface area (Å²) in [5.41, 5.74) is 17.7. The Balaban J connectivity index is 2.13. The minimum absolute atomic E-state index is 0.0872. The number of hydrogen-bond donors (Lipinski definition) is 2. The normalized spacial score (nSPS) is 18.1. The molecule has 0 spiro atoms. The summed E-state index contributed by atoms with van der Waals surface area (Å²) < 4.78 is 13.8. The Bertz CT molecular complexity index is 882. The number of pyridine rings is 1. The molecule has 6 heteroatoms. The molecule has 5 nitrogen and oxygen atoms in total. The summed E-state index contributed by atoms with van der Waals surface area (Å²) in [5, 5.41) is 8.10. The molecular formula is C19H22FN5. The zero-order valence-corrected chi connectivity index (χ0v) is 14.7. The molecule has 0 fully saturated rings. The van der Waals surface area contributed by atoms with E-state index in [0.717, 1.165) is 45.8 Å². The van der Waals surface area contributed by atoms with Crippen LogP contribution in [0.15, 0.2) is 34.5 Å². The Hall–Kier alpha value is -2.76. The first-order valence-corrected chi connectivity index (χ1v) is 8.24. The Morgan fingerprint density at radius 1 is 1.12 bits per heavy atom. The number of nitrogens with two attached hydrogens (primary N) is 2. The molecule has 25 heavy (non-hydrogen) atoms. The van der Waals surface area contributed by atoms with Gasteiger partial charge in [-0.3, -0.25) is 4.98 Å². The smallest absolute Gasteiger partial charge is 0.211 e. The summed E-state index contributed by atoms with van der Waals surface area (Å²) >= 11 is 0. The van der Waals surface area contributed by atoms with Gasteiger partial charge in [0.25, 0.3) is 0 Å². The average Bonchev–Trinajstić information content (AvgIpc) is 2.54. The van der Waals surface area contributed by atoms with Crippen molar-refractivity contribution in [1.29, 1.82) is 0 Å². The van der Waals surface area contributed by atoms with Crippen molar-refractivity contribution in [2.75, 3.05) is 0 Å². The first-order chi connectivity index (χ1) is 11.8. The lowest BCUT2D eigenvalue weighted by Crippen LogP contribution is -2.25. The molecule has 1 aromatic heterocycles. The molecule has 0 saturated carbocycles. The van der Waals surface area contributed by atoms with Crippen LogP contribution in [0.4, 0.5) is 4.39 Å². The van der Waals surface area contributed by atoms with Crippen molar-refractivity contribution >= 4 is 11.7 Å². The van der Waals surface area contributed by atoms with Crippen LogP contribution in [0.2, 0.25) is 0 Å². The van der Waals surface area contributed by atoms with Crippen molar-refractivity contribution in [3.05, 3.63) is 63.7 Å². The van der Waals surface area contributed by atoms with Crippen molar-refractivity contribution in [1.82, 2.24) is 4.98 Å². The van der Waals surface area contributed by atoms with Crippen LogP contribution in [-0.4, -0.2) is 16.7 Å². The van der Waals surface area contributed by atoms with Crippen LogP contribution in [0.5, 0.6) is 0 Å². The maximum Gasteiger partial charge on any atom is 0.211 e. The van der Waals surface area contributed by atoms with E-state index in [-0.39, 0.29) is 17.7 Å². The lowest BCUT2D eigenvalue weighted by Gasteiger charge is -2.28. The SMILES string of the molecule is Cc1cc(C)c2c(n1)CC(c1cc(F)ccc1C)C/C2=N/N=C(N)N. The van der Waals surface area contributed by atoms with Gasteiger partial charge in [-0.05, 0) is 74.4 Å². The highest BCUT2D eigenvalue weighted by atomic mass is 19.1. The summed E-state index contributed by atoms with van der Waals surface area (Å²) in [5.74, 6) is -0.233. The van der Waals surface area contributed by atoms with E-state index in [1.807, 2.05) is 32.9 Å². The summed E-state index contributed by atoms with van der Waals surface area (Å²) in [6, 6.07) is 6.92. The number of halogens is 1. The molecule has 3 rings (SSSR count). The van der Waals surface area contributed by atoms with Crippen LogP contribution in [0, 0.1) is 26.6 Å². The molecule has 130 valence electrons.